The molecule has 0 spiro atoms. The van der Waals surface area contributed by atoms with Crippen LogP contribution in [-0.2, 0) is 6.42 Å². The van der Waals surface area contributed by atoms with E-state index in [-0.39, 0.29) is 0 Å². The molecule has 66 valence electrons. The molecule has 4 heteroatoms. The fraction of sp³-hybridized carbons (Fsp3) is 0.500. The highest BCUT2D eigenvalue weighted by Crippen LogP contribution is 2.09. The van der Waals surface area contributed by atoms with Crippen LogP contribution in [0.1, 0.15) is 11.4 Å². The van der Waals surface area contributed by atoms with Crippen LogP contribution in [0.5, 0.6) is 0 Å². The standard InChI is InChI=1S/C8H12BrN3/c1-6-8(9)11-5-7(12-6)3-4-10-2/h5,10H,3-4H2,1-2H3. The van der Waals surface area contributed by atoms with E-state index in [4.69, 9.17) is 0 Å². The minimum Gasteiger partial charge on any atom is -0.319 e. The molecule has 1 aromatic rings. The summed E-state index contributed by atoms with van der Waals surface area (Å²) in [6.07, 6.45) is 2.73. The van der Waals surface area contributed by atoms with Crippen LogP contribution in [0.15, 0.2) is 10.8 Å². The molecule has 1 aromatic heterocycles. The van der Waals surface area contributed by atoms with Gasteiger partial charge in [-0.05, 0) is 29.9 Å². The Morgan fingerprint density at radius 1 is 1.58 bits per heavy atom. The molecule has 0 saturated heterocycles. The molecule has 0 aliphatic carbocycles. The molecule has 0 saturated carbocycles. The molecule has 1 heterocycles. The molecule has 0 aromatic carbocycles. The van der Waals surface area contributed by atoms with Crippen LogP contribution in [0.25, 0.3) is 0 Å². The summed E-state index contributed by atoms with van der Waals surface area (Å²) >= 11 is 3.31. The van der Waals surface area contributed by atoms with Gasteiger partial charge in [0.1, 0.15) is 4.60 Å². The van der Waals surface area contributed by atoms with Crippen molar-refractivity contribution in [3.05, 3.63) is 22.2 Å². The van der Waals surface area contributed by atoms with Gasteiger partial charge in [-0.1, -0.05) is 0 Å². The minimum atomic E-state index is 0.829. The smallest absolute Gasteiger partial charge is 0.127 e. The second-order valence-electron chi connectivity index (χ2n) is 2.59. The zero-order valence-corrected chi connectivity index (χ0v) is 8.85. The average molecular weight is 230 g/mol. The van der Waals surface area contributed by atoms with Crippen LogP contribution in [0.2, 0.25) is 0 Å². The van der Waals surface area contributed by atoms with E-state index in [1.807, 2.05) is 14.0 Å². The summed E-state index contributed by atoms with van der Waals surface area (Å²) < 4.78 is 0.829. The SMILES string of the molecule is CNCCc1cnc(Br)c(C)n1. The lowest BCUT2D eigenvalue weighted by Crippen LogP contribution is -2.11. The summed E-state index contributed by atoms with van der Waals surface area (Å²) in [5, 5.41) is 3.07. The normalized spacial score (nSPS) is 10.2. The zero-order valence-electron chi connectivity index (χ0n) is 7.26. The Bertz CT molecular complexity index is 262. The van der Waals surface area contributed by atoms with E-state index >= 15 is 0 Å². The van der Waals surface area contributed by atoms with Crippen LogP contribution in [0, 0.1) is 6.92 Å². The van der Waals surface area contributed by atoms with Crippen LogP contribution in [0.4, 0.5) is 0 Å². The molecule has 0 bridgehead atoms. The average Bonchev–Trinajstić information content (AvgIpc) is 2.07. The number of hydrogen-bond acceptors (Lipinski definition) is 3. The molecule has 0 aliphatic rings. The summed E-state index contributed by atoms with van der Waals surface area (Å²) in [6, 6.07) is 0. The summed E-state index contributed by atoms with van der Waals surface area (Å²) in [4.78, 5) is 8.52. The molecule has 0 radical (unpaired) electrons. The van der Waals surface area contributed by atoms with Crippen molar-refractivity contribution in [2.24, 2.45) is 0 Å². The molecular formula is C8H12BrN3. The van der Waals surface area contributed by atoms with Gasteiger partial charge in [-0.15, -0.1) is 0 Å². The molecule has 0 aliphatic heterocycles. The van der Waals surface area contributed by atoms with Crippen LogP contribution >= 0.6 is 15.9 Å². The lowest BCUT2D eigenvalue weighted by molar-refractivity contribution is 0.767. The Balaban J connectivity index is 2.69. The maximum atomic E-state index is 4.36. The summed E-state index contributed by atoms with van der Waals surface area (Å²) in [5.74, 6) is 0. The van der Waals surface area contributed by atoms with E-state index in [2.05, 4.69) is 31.2 Å². The maximum absolute atomic E-state index is 4.36. The van der Waals surface area contributed by atoms with Crippen molar-refractivity contribution >= 4 is 15.9 Å². The highest BCUT2D eigenvalue weighted by atomic mass is 79.9. The van der Waals surface area contributed by atoms with Crippen molar-refractivity contribution in [2.75, 3.05) is 13.6 Å². The Labute approximate surface area is 80.7 Å². The van der Waals surface area contributed by atoms with Crippen molar-refractivity contribution in [3.63, 3.8) is 0 Å². The molecular weight excluding hydrogens is 218 g/mol. The predicted octanol–water partition coefficient (Wildman–Crippen LogP) is 1.31. The number of halogens is 1. The van der Waals surface area contributed by atoms with Gasteiger partial charge < -0.3 is 5.32 Å². The van der Waals surface area contributed by atoms with E-state index in [1.54, 1.807) is 6.20 Å². The zero-order chi connectivity index (χ0) is 8.97. The van der Waals surface area contributed by atoms with Gasteiger partial charge in [0.25, 0.3) is 0 Å². The number of rotatable bonds is 3. The van der Waals surface area contributed by atoms with Crippen molar-refractivity contribution in [1.82, 2.24) is 15.3 Å². The van der Waals surface area contributed by atoms with E-state index < -0.39 is 0 Å². The second kappa shape index (κ2) is 4.52. The van der Waals surface area contributed by atoms with Crippen LogP contribution in [-0.4, -0.2) is 23.6 Å². The number of nitrogens with one attached hydrogen (secondary N) is 1. The Kier molecular flexibility index (Phi) is 3.62. The van der Waals surface area contributed by atoms with E-state index in [0.29, 0.717) is 0 Å². The lowest BCUT2D eigenvalue weighted by atomic mass is 10.3. The highest BCUT2D eigenvalue weighted by Gasteiger charge is 1.99. The topological polar surface area (TPSA) is 37.8 Å². The maximum Gasteiger partial charge on any atom is 0.127 e. The van der Waals surface area contributed by atoms with Gasteiger partial charge in [0.15, 0.2) is 0 Å². The molecule has 3 nitrogen and oxygen atoms in total. The van der Waals surface area contributed by atoms with Crippen LogP contribution in [0.3, 0.4) is 0 Å². The Morgan fingerprint density at radius 3 is 2.92 bits per heavy atom. The summed E-state index contributed by atoms with van der Waals surface area (Å²) in [6.45, 7) is 2.88. The number of aryl methyl sites for hydroxylation is 1. The van der Waals surface area contributed by atoms with Crippen molar-refractivity contribution < 1.29 is 0 Å². The first-order chi connectivity index (χ1) is 5.74. The van der Waals surface area contributed by atoms with E-state index in [9.17, 15) is 0 Å². The number of hydrogen-bond donors (Lipinski definition) is 1. The first-order valence-corrected chi connectivity index (χ1v) is 4.66. The lowest BCUT2D eigenvalue weighted by Gasteiger charge is -2.01. The van der Waals surface area contributed by atoms with Gasteiger partial charge in [-0.3, -0.25) is 4.98 Å². The molecule has 0 atom stereocenters. The second-order valence-corrected chi connectivity index (χ2v) is 3.34. The van der Waals surface area contributed by atoms with Gasteiger partial charge in [0.05, 0.1) is 11.4 Å². The van der Waals surface area contributed by atoms with Gasteiger partial charge in [-0.25, -0.2) is 4.98 Å². The molecule has 0 amide bonds. The van der Waals surface area contributed by atoms with Gasteiger partial charge >= 0.3 is 0 Å². The van der Waals surface area contributed by atoms with Crippen molar-refractivity contribution in [2.45, 2.75) is 13.3 Å². The molecule has 0 fully saturated rings. The van der Waals surface area contributed by atoms with Crippen molar-refractivity contribution in [3.8, 4) is 0 Å². The first-order valence-electron chi connectivity index (χ1n) is 3.86. The molecule has 12 heavy (non-hydrogen) atoms. The van der Waals surface area contributed by atoms with Crippen molar-refractivity contribution in [1.29, 1.82) is 0 Å². The van der Waals surface area contributed by atoms with Crippen LogP contribution < -0.4 is 5.32 Å². The number of likely N-dealkylation sites (N-methyl/N-ethyl adjacent to an activating group) is 1. The third kappa shape index (κ3) is 2.53. The third-order valence-electron chi connectivity index (χ3n) is 1.57. The molecule has 1 rings (SSSR count). The van der Waals surface area contributed by atoms with Gasteiger partial charge in [0.2, 0.25) is 0 Å². The monoisotopic (exact) mass is 229 g/mol. The molecule has 1 N–H and O–H groups in total. The first kappa shape index (κ1) is 9.61. The largest absolute Gasteiger partial charge is 0.319 e. The fourth-order valence-corrected chi connectivity index (χ4v) is 1.08. The Hall–Kier alpha value is -0.480. The fourth-order valence-electron chi connectivity index (χ4n) is 0.889. The third-order valence-corrected chi connectivity index (χ3v) is 2.35. The number of aromatic nitrogens is 2. The van der Waals surface area contributed by atoms with E-state index in [1.165, 1.54) is 0 Å². The summed E-state index contributed by atoms with van der Waals surface area (Å²) in [5.41, 5.74) is 1.98. The number of nitrogens with zero attached hydrogens (tertiary/aromatic N) is 2. The predicted molar refractivity (Wildman–Crippen MR) is 52.1 cm³/mol. The quantitative estimate of drug-likeness (QED) is 0.850. The highest BCUT2D eigenvalue weighted by molar-refractivity contribution is 9.10. The molecule has 0 unspecified atom stereocenters. The minimum absolute atomic E-state index is 0.829. The van der Waals surface area contributed by atoms with E-state index in [0.717, 1.165) is 29.0 Å². The summed E-state index contributed by atoms with van der Waals surface area (Å²) in [7, 11) is 1.93. The van der Waals surface area contributed by atoms with Gasteiger partial charge in [-0.2, -0.15) is 0 Å². The van der Waals surface area contributed by atoms with Gasteiger partial charge in [0, 0.05) is 19.2 Å². The Morgan fingerprint density at radius 2 is 2.33 bits per heavy atom.